The maximum atomic E-state index is 9.76. The molecule has 11 rings (SSSR count). The van der Waals surface area contributed by atoms with Crippen molar-refractivity contribution < 1.29 is 25.0 Å². The summed E-state index contributed by atoms with van der Waals surface area (Å²) >= 11 is 25.4. The second-order valence-electron chi connectivity index (χ2n) is 17.2. The molecule has 5 heterocycles. The van der Waals surface area contributed by atoms with E-state index in [1.54, 1.807) is 0 Å². The molecule has 0 spiro atoms. The molecule has 8 aromatic rings. The van der Waals surface area contributed by atoms with E-state index < -0.39 is 0 Å². The summed E-state index contributed by atoms with van der Waals surface area (Å²) < 4.78 is 0. The van der Waals surface area contributed by atoms with E-state index in [0.717, 1.165) is 112 Å². The first-order chi connectivity index (χ1) is 33.9. The van der Waals surface area contributed by atoms with Crippen LogP contribution in [0.4, 0.5) is 5.69 Å². The zero-order valence-electron chi connectivity index (χ0n) is 39.3. The molecule has 3 aromatic heterocycles. The molecule has 0 fully saturated rings. The summed E-state index contributed by atoms with van der Waals surface area (Å²) in [6.45, 7) is 7.91. The third kappa shape index (κ3) is 10.7. The molecule has 0 saturated heterocycles. The fourth-order valence-corrected chi connectivity index (χ4v) is 9.35. The van der Waals surface area contributed by atoms with Crippen LogP contribution in [-0.4, -0.2) is 26.9 Å². The number of fused-ring (bicyclic) bond motifs is 8. The fraction of sp³-hybridized carbons (Fsp3) is 0.0667. The second-order valence-corrected chi connectivity index (χ2v) is 18.9. The molecule has 0 atom stereocenters. The van der Waals surface area contributed by atoms with Crippen molar-refractivity contribution in [2.75, 3.05) is 0 Å². The molecule has 8 bridgehead atoms. The SMILES string of the molecule is CC1=CC(=Nc2c(C)cccc2C)C=C(C)C1=[N-].Clc1ccc(-c2c3nc(c(-c4ccc(Cl)cc4)c4ccc([n-]4)c(-c4ccc(Cl)cc4)c4nc(c(-c5ccc(Cl)cc5)c5ccc2[n-]5)C=C4)C=C3)cc1.O.[Ru+3]. The standard InChI is InChI=1S/C44H24Cl4N4.C16H17N2.H2O.Ru/c45-29-9-1-25(2-10-29)41-33-17-19-35(49-33)42(26-3-11-30(46)12-4-26)37-21-23-39(51-37)44(28-7-15-32(48)16-8-28)40-24-22-38(52-40)43(36-20-18-34(41)50-36)27-5-13-31(47)14-6-27;1-10-6-5-7-11(2)16(10)18-14-8-12(3)15(17)13(4)9-14;;/h1-24H;5-9H,1-4H3;1H2;/q-2;-1;;+3. The van der Waals surface area contributed by atoms with Gasteiger partial charge in [0.1, 0.15) is 0 Å². The van der Waals surface area contributed by atoms with Crippen LogP contribution in [0.5, 0.6) is 0 Å². The minimum atomic E-state index is 0. The summed E-state index contributed by atoms with van der Waals surface area (Å²) in [5.74, 6) is 0. The normalized spacial score (nSPS) is 12.6. The molecule has 2 N–H and O–H groups in total. The molecular formula is C60H43Cl4N6ORu. The van der Waals surface area contributed by atoms with Crippen LogP contribution in [0.25, 0.3) is 96.3 Å². The molecule has 0 unspecified atom stereocenters. The Bertz CT molecular complexity index is 3320. The number of rotatable bonds is 5. The monoisotopic (exact) mass is 1110 g/mol. The van der Waals surface area contributed by atoms with Crippen molar-refractivity contribution in [2.24, 2.45) is 4.99 Å². The van der Waals surface area contributed by atoms with E-state index in [1.165, 1.54) is 11.1 Å². The number of nitrogens with zero attached hydrogens (tertiary/aromatic N) is 6. The number of aliphatic imine (C=N–C) groups is 1. The van der Waals surface area contributed by atoms with Crippen LogP contribution in [0.3, 0.4) is 0 Å². The van der Waals surface area contributed by atoms with E-state index in [2.05, 4.69) is 26.0 Å². The molecule has 5 aromatic carbocycles. The average molecular weight is 1110 g/mol. The van der Waals surface area contributed by atoms with Crippen molar-refractivity contribution in [3.8, 4) is 44.5 Å². The van der Waals surface area contributed by atoms with Gasteiger partial charge in [0.15, 0.2) is 0 Å². The number of allylic oxidation sites excluding steroid dienone is 4. The summed E-state index contributed by atoms with van der Waals surface area (Å²) in [5, 5.41) is 12.3. The first-order valence-electron chi connectivity index (χ1n) is 22.5. The van der Waals surface area contributed by atoms with Crippen molar-refractivity contribution in [1.29, 1.82) is 0 Å². The van der Waals surface area contributed by atoms with Gasteiger partial charge < -0.3 is 20.9 Å². The largest absolute Gasteiger partial charge is 3.00 e. The van der Waals surface area contributed by atoms with Gasteiger partial charge >= 0.3 is 19.5 Å². The van der Waals surface area contributed by atoms with Gasteiger partial charge in [-0.3, -0.25) is 0 Å². The molecular weight excluding hydrogens is 1060 g/mol. The van der Waals surface area contributed by atoms with E-state index in [4.69, 9.17) is 71.3 Å². The number of aromatic nitrogens is 4. The quantitative estimate of drug-likeness (QED) is 0.126. The molecule has 7 nitrogen and oxygen atoms in total. The van der Waals surface area contributed by atoms with Gasteiger partial charge in [-0.1, -0.05) is 149 Å². The van der Waals surface area contributed by atoms with Gasteiger partial charge in [0.2, 0.25) is 0 Å². The van der Waals surface area contributed by atoms with E-state index >= 15 is 0 Å². The number of para-hydroxylation sites is 1. The van der Waals surface area contributed by atoms with Crippen molar-refractivity contribution in [1.82, 2.24) is 19.9 Å². The van der Waals surface area contributed by atoms with Crippen molar-refractivity contribution in [3.63, 3.8) is 0 Å². The van der Waals surface area contributed by atoms with Crippen LogP contribution >= 0.6 is 46.4 Å². The van der Waals surface area contributed by atoms with E-state index in [9.17, 15) is 5.41 Å². The molecule has 1 radical (unpaired) electrons. The van der Waals surface area contributed by atoms with E-state index in [0.29, 0.717) is 25.8 Å². The Morgan fingerprint density at radius 1 is 0.417 bits per heavy atom. The van der Waals surface area contributed by atoms with Gasteiger partial charge in [0.25, 0.3) is 0 Å². The molecule has 0 saturated carbocycles. The summed E-state index contributed by atoms with van der Waals surface area (Å²) in [4.78, 5) is 25.8. The number of benzene rings is 5. The zero-order chi connectivity index (χ0) is 48.6. The van der Waals surface area contributed by atoms with Gasteiger partial charge in [-0.15, -0.1) is 22.1 Å². The molecule has 72 heavy (non-hydrogen) atoms. The summed E-state index contributed by atoms with van der Waals surface area (Å²) in [5.41, 5.74) is 19.7. The van der Waals surface area contributed by atoms with Crippen LogP contribution < -0.4 is 9.97 Å². The van der Waals surface area contributed by atoms with Gasteiger partial charge in [-0.05, 0) is 168 Å². The maximum Gasteiger partial charge on any atom is 3.00 e. The van der Waals surface area contributed by atoms with Crippen LogP contribution in [0, 0.1) is 13.8 Å². The molecule has 1 aliphatic carbocycles. The second kappa shape index (κ2) is 21.9. The molecule has 12 heteroatoms. The minimum absolute atomic E-state index is 0. The van der Waals surface area contributed by atoms with Crippen LogP contribution in [0.1, 0.15) is 47.8 Å². The van der Waals surface area contributed by atoms with E-state index in [-0.39, 0.29) is 25.0 Å². The zero-order valence-corrected chi connectivity index (χ0v) is 44.1. The molecule has 3 aliphatic rings. The number of aryl methyl sites for hydroxylation is 2. The van der Waals surface area contributed by atoms with Crippen LogP contribution in [0.2, 0.25) is 20.1 Å². The van der Waals surface area contributed by atoms with Gasteiger partial charge in [-0.2, -0.15) is 5.71 Å². The van der Waals surface area contributed by atoms with Gasteiger partial charge in [-0.25, -0.2) is 15.0 Å². The van der Waals surface area contributed by atoms with Gasteiger partial charge in [0, 0.05) is 20.1 Å². The third-order valence-corrected chi connectivity index (χ3v) is 13.3. The average Bonchev–Trinajstić information content (AvgIpc) is 4.21. The van der Waals surface area contributed by atoms with E-state index in [1.807, 2.05) is 178 Å². The topological polar surface area (TPSA) is 120 Å². The number of halogens is 4. The molecule has 0 amide bonds. The Labute approximate surface area is 451 Å². The Morgan fingerprint density at radius 2 is 0.694 bits per heavy atom. The number of hydrogen-bond donors (Lipinski definition) is 0. The van der Waals surface area contributed by atoms with Crippen molar-refractivity contribution in [3.05, 3.63) is 222 Å². The number of hydrogen-bond acceptors (Lipinski definition) is 3. The van der Waals surface area contributed by atoms with Crippen molar-refractivity contribution >= 4 is 110 Å². The van der Waals surface area contributed by atoms with Crippen LogP contribution in [-0.2, 0) is 19.5 Å². The fourth-order valence-electron chi connectivity index (χ4n) is 8.85. The Hall–Kier alpha value is -6.74. The third-order valence-electron chi connectivity index (χ3n) is 12.3. The Morgan fingerprint density at radius 3 is 0.972 bits per heavy atom. The van der Waals surface area contributed by atoms with Crippen LogP contribution in [0.15, 0.2) is 168 Å². The smallest absolute Gasteiger partial charge is 0.804 e. The first-order valence-corrected chi connectivity index (χ1v) is 24.1. The Kier molecular flexibility index (Phi) is 15.7. The minimum Gasteiger partial charge on any atom is -0.804 e. The summed E-state index contributed by atoms with van der Waals surface area (Å²) in [6, 6.07) is 45.3. The molecule has 355 valence electrons. The van der Waals surface area contributed by atoms with Crippen molar-refractivity contribution in [2.45, 2.75) is 27.7 Å². The predicted molar refractivity (Wildman–Crippen MR) is 301 cm³/mol. The first kappa shape index (κ1) is 51.6. The Balaban J connectivity index is 0.000000294. The van der Waals surface area contributed by atoms with Gasteiger partial charge in [0.05, 0.1) is 34.2 Å². The molecule has 2 aliphatic heterocycles. The predicted octanol–water partition coefficient (Wildman–Crippen LogP) is 16.7. The maximum absolute atomic E-state index is 9.76. The summed E-state index contributed by atoms with van der Waals surface area (Å²) in [6.07, 6.45) is 12.0. The summed E-state index contributed by atoms with van der Waals surface area (Å²) in [7, 11) is 0.